The molecular formula is C18H27N3O4. The van der Waals surface area contributed by atoms with Crippen LogP contribution < -0.4 is 0 Å². The second-order valence-electron chi connectivity index (χ2n) is 6.45. The van der Waals surface area contributed by atoms with Gasteiger partial charge in [0.25, 0.3) is 5.69 Å². The molecule has 0 aromatic heterocycles. The minimum atomic E-state index is -0.769. The van der Waals surface area contributed by atoms with Gasteiger partial charge in [-0.1, -0.05) is 12.1 Å². The summed E-state index contributed by atoms with van der Waals surface area (Å²) in [6.45, 7) is 7.39. The van der Waals surface area contributed by atoms with E-state index in [4.69, 9.17) is 0 Å². The van der Waals surface area contributed by atoms with Crippen LogP contribution in [0, 0.1) is 16.0 Å². The summed E-state index contributed by atoms with van der Waals surface area (Å²) in [6, 6.07) is 6.13. The number of rotatable bonds is 7. The van der Waals surface area contributed by atoms with E-state index >= 15 is 0 Å². The van der Waals surface area contributed by atoms with E-state index in [1.54, 1.807) is 12.1 Å². The van der Waals surface area contributed by atoms with E-state index in [1.165, 1.54) is 12.1 Å². The van der Waals surface area contributed by atoms with Gasteiger partial charge in [0, 0.05) is 37.7 Å². The molecule has 2 rings (SSSR count). The van der Waals surface area contributed by atoms with Crippen LogP contribution in [0.3, 0.4) is 0 Å². The van der Waals surface area contributed by atoms with Gasteiger partial charge < -0.3 is 14.9 Å². The van der Waals surface area contributed by atoms with Crippen LogP contribution in [0.15, 0.2) is 24.3 Å². The van der Waals surface area contributed by atoms with Gasteiger partial charge in [0.2, 0.25) is 5.91 Å². The first-order valence-electron chi connectivity index (χ1n) is 8.89. The van der Waals surface area contributed by atoms with Crippen molar-refractivity contribution in [2.45, 2.75) is 32.8 Å². The molecule has 0 bridgehead atoms. The maximum atomic E-state index is 12.4. The molecule has 1 aliphatic rings. The van der Waals surface area contributed by atoms with Crippen LogP contribution in [0.25, 0.3) is 0 Å². The van der Waals surface area contributed by atoms with Gasteiger partial charge in [0.15, 0.2) is 0 Å². The van der Waals surface area contributed by atoms with Crippen molar-refractivity contribution in [3.05, 3.63) is 39.9 Å². The molecule has 1 aliphatic heterocycles. The fourth-order valence-electron chi connectivity index (χ4n) is 3.35. The molecule has 1 fully saturated rings. The Bertz CT molecular complexity index is 596. The fraction of sp³-hybridized carbons (Fsp3) is 0.611. The first-order valence-corrected chi connectivity index (χ1v) is 8.89. The number of hydrogen-bond donors (Lipinski definition) is 1. The van der Waals surface area contributed by atoms with Crippen molar-refractivity contribution in [1.82, 2.24) is 9.80 Å². The Morgan fingerprint density at radius 1 is 1.36 bits per heavy atom. The van der Waals surface area contributed by atoms with Crippen molar-refractivity contribution < 1.29 is 14.8 Å². The zero-order valence-electron chi connectivity index (χ0n) is 14.9. The molecule has 0 spiro atoms. The average molecular weight is 349 g/mol. The Kier molecular flexibility index (Phi) is 6.90. The summed E-state index contributed by atoms with van der Waals surface area (Å²) in [5.74, 6) is 0.287. The number of carbonyl (C=O) groups is 1. The van der Waals surface area contributed by atoms with Gasteiger partial charge in [-0.2, -0.15) is 0 Å². The monoisotopic (exact) mass is 349 g/mol. The summed E-state index contributed by atoms with van der Waals surface area (Å²) in [5, 5.41) is 21.2. The molecule has 1 heterocycles. The molecule has 1 aromatic rings. The zero-order chi connectivity index (χ0) is 18.4. The number of carbonyl (C=O) groups excluding carboxylic acids is 1. The molecule has 1 unspecified atom stereocenters. The summed E-state index contributed by atoms with van der Waals surface area (Å²) in [7, 11) is 0. The van der Waals surface area contributed by atoms with Crippen LogP contribution in [0.5, 0.6) is 0 Å². The maximum absolute atomic E-state index is 12.4. The highest BCUT2D eigenvalue weighted by Crippen LogP contribution is 2.24. The highest BCUT2D eigenvalue weighted by atomic mass is 16.6. The number of likely N-dealkylation sites (tertiary alicyclic amines) is 1. The predicted octanol–water partition coefficient (Wildman–Crippen LogP) is 2.21. The van der Waals surface area contributed by atoms with Crippen molar-refractivity contribution in [3.63, 3.8) is 0 Å². The number of nitrogens with zero attached hydrogens (tertiary/aromatic N) is 3. The van der Waals surface area contributed by atoms with Crippen molar-refractivity contribution in [1.29, 1.82) is 0 Å². The summed E-state index contributed by atoms with van der Waals surface area (Å²) >= 11 is 0. The van der Waals surface area contributed by atoms with Crippen LogP contribution in [-0.2, 0) is 4.79 Å². The molecule has 0 aliphatic carbocycles. The molecule has 1 aromatic carbocycles. The number of β-amino-alcohol motifs (C(OH)–C–C–N with tert-alkyl or cyclic N) is 1. The SMILES string of the molecule is CCN(CC)C(=O)C1CCN(CC(O)c2cccc([N+](=O)[O-])c2)CC1. The van der Waals surface area contributed by atoms with E-state index in [1.807, 2.05) is 18.7 Å². The Labute approximate surface area is 148 Å². The number of non-ortho nitro benzene ring substituents is 1. The lowest BCUT2D eigenvalue weighted by Gasteiger charge is -2.34. The maximum Gasteiger partial charge on any atom is 0.269 e. The third-order valence-electron chi connectivity index (χ3n) is 4.91. The van der Waals surface area contributed by atoms with E-state index in [-0.39, 0.29) is 17.5 Å². The molecule has 1 saturated heterocycles. The third-order valence-corrected chi connectivity index (χ3v) is 4.91. The third kappa shape index (κ3) is 4.99. The van der Waals surface area contributed by atoms with E-state index in [0.29, 0.717) is 12.1 Å². The fourth-order valence-corrected chi connectivity index (χ4v) is 3.35. The van der Waals surface area contributed by atoms with Gasteiger partial charge in [-0.05, 0) is 45.3 Å². The Morgan fingerprint density at radius 2 is 2.00 bits per heavy atom. The minimum absolute atomic E-state index is 0.0138. The number of amides is 1. The lowest BCUT2D eigenvalue weighted by Crippen LogP contribution is -2.43. The molecule has 1 N–H and O–H groups in total. The van der Waals surface area contributed by atoms with Crippen LogP contribution in [0.1, 0.15) is 38.4 Å². The smallest absolute Gasteiger partial charge is 0.269 e. The Balaban J connectivity index is 1.88. The first kappa shape index (κ1) is 19.3. The predicted molar refractivity (Wildman–Crippen MR) is 95.1 cm³/mol. The van der Waals surface area contributed by atoms with Crippen LogP contribution >= 0.6 is 0 Å². The Morgan fingerprint density at radius 3 is 2.56 bits per heavy atom. The molecule has 138 valence electrons. The number of nitro groups is 1. The molecule has 1 atom stereocenters. The van der Waals surface area contributed by atoms with Crippen molar-refractivity contribution in [2.75, 3.05) is 32.7 Å². The quantitative estimate of drug-likeness (QED) is 0.602. The molecule has 0 radical (unpaired) electrons. The van der Waals surface area contributed by atoms with Gasteiger partial charge in [0.1, 0.15) is 0 Å². The van der Waals surface area contributed by atoms with Crippen molar-refractivity contribution in [3.8, 4) is 0 Å². The topological polar surface area (TPSA) is 86.9 Å². The van der Waals surface area contributed by atoms with E-state index in [9.17, 15) is 20.0 Å². The van der Waals surface area contributed by atoms with Crippen LogP contribution in [0.2, 0.25) is 0 Å². The lowest BCUT2D eigenvalue weighted by atomic mass is 9.94. The summed E-state index contributed by atoms with van der Waals surface area (Å²) in [6.07, 6.45) is 0.809. The van der Waals surface area contributed by atoms with Crippen molar-refractivity contribution >= 4 is 11.6 Å². The average Bonchev–Trinajstić information content (AvgIpc) is 2.63. The summed E-state index contributed by atoms with van der Waals surface area (Å²) in [4.78, 5) is 26.8. The number of piperidine rings is 1. The largest absolute Gasteiger partial charge is 0.387 e. The number of aliphatic hydroxyl groups excluding tert-OH is 1. The molecule has 0 saturated carbocycles. The van der Waals surface area contributed by atoms with Crippen molar-refractivity contribution in [2.24, 2.45) is 5.92 Å². The van der Waals surface area contributed by atoms with E-state index < -0.39 is 11.0 Å². The number of aliphatic hydroxyl groups is 1. The molecule has 1 amide bonds. The first-order chi connectivity index (χ1) is 12.0. The number of benzene rings is 1. The standard InChI is InChI=1S/C18H27N3O4/c1-3-20(4-2)18(23)14-8-10-19(11-9-14)13-17(22)15-6-5-7-16(12-15)21(24)25/h5-7,12,14,17,22H,3-4,8-11,13H2,1-2H3. The van der Waals surface area contributed by atoms with Gasteiger partial charge in [-0.25, -0.2) is 0 Å². The lowest BCUT2D eigenvalue weighted by molar-refractivity contribution is -0.385. The molecular weight excluding hydrogens is 322 g/mol. The Hall–Kier alpha value is -1.99. The molecule has 7 nitrogen and oxygen atoms in total. The van der Waals surface area contributed by atoms with E-state index in [0.717, 1.165) is 39.0 Å². The second kappa shape index (κ2) is 8.92. The highest BCUT2D eigenvalue weighted by molar-refractivity contribution is 5.78. The zero-order valence-corrected chi connectivity index (χ0v) is 14.9. The normalized spacial score (nSPS) is 17.2. The second-order valence-corrected chi connectivity index (χ2v) is 6.45. The molecule has 25 heavy (non-hydrogen) atoms. The highest BCUT2D eigenvalue weighted by Gasteiger charge is 2.28. The van der Waals surface area contributed by atoms with E-state index in [2.05, 4.69) is 4.90 Å². The number of nitro benzene ring substituents is 1. The van der Waals surface area contributed by atoms with Gasteiger partial charge in [-0.15, -0.1) is 0 Å². The summed E-state index contributed by atoms with van der Waals surface area (Å²) in [5.41, 5.74) is 0.538. The van der Waals surface area contributed by atoms with Gasteiger partial charge >= 0.3 is 0 Å². The van der Waals surface area contributed by atoms with Gasteiger partial charge in [0.05, 0.1) is 11.0 Å². The molecule has 7 heteroatoms. The van der Waals surface area contributed by atoms with Crippen LogP contribution in [0.4, 0.5) is 5.69 Å². The van der Waals surface area contributed by atoms with Crippen LogP contribution in [-0.4, -0.2) is 58.5 Å². The number of hydrogen-bond acceptors (Lipinski definition) is 5. The minimum Gasteiger partial charge on any atom is -0.387 e. The summed E-state index contributed by atoms with van der Waals surface area (Å²) < 4.78 is 0. The van der Waals surface area contributed by atoms with Gasteiger partial charge in [-0.3, -0.25) is 14.9 Å².